The van der Waals surface area contributed by atoms with Crippen LogP contribution in [0.1, 0.15) is 33.3 Å². The Morgan fingerprint density at radius 2 is 2.00 bits per heavy atom. The first-order valence-electron chi connectivity index (χ1n) is 7.75. The second-order valence-corrected chi connectivity index (χ2v) is 7.20. The van der Waals surface area contributed by atoms with Gasteiger partial charge >= 0.3 is 0 Å². The normalized spacial score (nSPS) is 16.4. The molecule has 0 unspecified atom stereocenters. The Bertz CT molecular complexity index is 687. The number of halogens is 1. The molecule has 5 nitrogen and oxygen atoms in total. The third-order valence-corrected chi connectivity index (χ3v) is 4.67. The van der Waals surface area contributed by atoms with Crippen LogP contribution in [-0.2, 0) is 4.79 Å². The van der Waals surface area contributed by atoms with Crippen molar-refractivity contribution in [2.75, 3.05) is 13.2 Å². The molecule has 0 aromatic heterocycles. The van der Waals surface area contributed by atoms with Gasteiger partial charge in [0.2, 0.25) is 0 Å². The van der Waals surface area contributed by atoms with Crippen molar-refractivity contribution in [1.82, 2.24) is 4.90 Å². The number of hydrogen-bond donors (Lipinski definition) is 0. The van der Waals surface area contributed by atoms with Crippen LogP contribution in [0.25, 0.3) is 6.08 Å². The number of carbonyl (C=O) groups is 2. The number of imide groups is 1. The van der Waals surface area contributed by atoms with E-state index in [2.05, 4.69) is 15.9 Å². The van der Waals surface area contributed by atoms with Crippen LogP contribution in [0.4, 0.5) is 4.79 Å². The molecule has 24 heavy (non-hydrogen) atoms. The molecule has 0 spiro atoms. The lowest BCUT2D eigenvalue weighted by Gasteiger charge is -2.17. The summed E-state index contributed by atoms with van der Waals surface area (Å²) in [6, 6.07) is 3.66. The summed E-state index contributed by atoms with van der Waals surface area (Å²) in [7, 11) is 0. The van der Waals surface area contributed by atoms with Crippen LogP contribution in [0.2, 0.25) is 0 Å². The van der Waals surface area contributed by atoms with Crippen LogP contribution in [0.5, 0.6) is 11.5 Å². The number of thioether (sulfide) groups is 1. The fourth-order valence-corrected chi connectivity index (χ4v) is 3.66. The van der Waals surface area contributed by atoms with E-state index in [4.69, 9.17) is 9.47 Å². The first kappa shape index (κ1) is 18.9. The van der Waals surface area contributed by atoms with Crippen molar-refractivity contribution in [3.05, 3.63) is 27.1 Å². The third kappa shape index (κ3) is 4.13. The van der Waals surface area contributed by atoms with Gasteiger partial charge in [-0.15, -0.1) is 0 Å². The Labute approximate surface area is 154 Å². The van der Waals surface area contributed by atoms with Crippen molar-refractivity contribution in [3.8, 4) is 11.5 Å². The molecule has 130 valence electrons. The van der Waals surface area contributed by atoms with Gasteiger partial charge in [-0.3, -0.25) is 14.5 Å². The largest absolute Gasteiger partial charge is 0.490 e. The summed E-state index contributed by atoms with van der Waals surface area (Å²) < 4.78 is 12.2. The lowest BCUT2D eigenvalue weighted by molar-refractivity contribution is -0.122. The van der Waals surface area contributed by atoms with Gasteiger partial charge in [0.15, 0.2) is 11.5 Å². The Morgan fingerprint density at radius 3 is 2.54 bits per heavy atom. The predicted molar refractivity (Wildman–Crippen MR) is 99.4 cm³/mol. The Morgan fingerprint density at radius 1 is 1.29 bits per heavy atom. The Kier molecular flexibility index (Phi) is 6.34. The van der Waals surface area contributed by atoms with Crippen molar-refractivity contribution in [2.45, 2.75) is 33.8 Å². The van der Waals surface area contributed by atoms with Gasteiger partial charge in [-0.25, -0.2) is 0 Å². The highest BCUT2D eigenvalue weighted by Gasteiger charge is 2.33. The van der Waals surface area contributed by atoms with Crippen LogP contribution in [0, 0.1) is 0 Å². The molecule has 0 saturated carbocycles. The number of rotatable bonds is 6. The lowest BCUT2D eigenvalue weighted by atomic mass is 10.1. The van der Waals surface area contributed by atoms with Crippen molar-refractivity contribution >= 4 is 44.9 Å². The van der Waals surface area contributed by atoms with Crippen LogP contribution >= 0.6 is 27.7 Å². The lowest BCUT2D eigenvalue weighted by Crippen LogP contribution is -2.27. The van der Waals surface area contributed by atoms with Crippen molar-refractivity contribution in [1.29, 1.82) is 0 Å². The molecule has 1 aromatic carbocycles. The van der Waals surface area contributed by atoms with Gasteiger partial charge in [-0.1, -0.05) is 0 Å². The SMILES string of the molecule is CCOc1cc(/C=C2/SC(=O)N(CC)C2=O)cc(Br)c1OC(C)C. The average molecular weight is 414 g/mol. The van der Waals surface area contributed by atoms with Gasteiger partial charge in [-0.05, 0) is 79.2 Å². The molecule has 2 rings (SSSR count). The molecule has 0 radical (unpaired) electrons. The average Bonchev–Trinajstić information content (AvgIpc) is 2.76. The van der Waals surface area contributed by atoms with E-state index in [1.807, 2.05) is 32.9 Å². The fraction of sp³-hybridized carbons (Fsp3) is 0.412. The number of benzene rings is 1. The molecule has 0 bridgehead atoms. The minimum absolute atomic E-state index is 0.00686. The van der Waals surface area contributed by atoms with Crippen LogP contribution in [-0.4, -0.2) is 35.3 Å². The summed E-state index contributed by atoms with van der Waals surface area (Å²) in [5.74, 6) is 0.969. The standard InChI is InChI=1S/C17H20BrNO4S/c1-5-19-16(20)14(24-17(19)21)9-11-7-12(18)15(23-10(3)4)13(8-11)22-6-2/h7-10H,5-6H2,1-4H3/b14-9+. The summed E-state index contributed by atoms with van der Waals surface area (Å²) in [5, 5.41) is -0.238. The van der Waals surface area contributed by atoms with Gasteiger partial charge in [0, 0.05) is 6.54 Å². The van der Waals surface area contributed by atoms with E-state index in [0.717, 1.165) is 21.8 Å². The highest BCUT2D eigenvalue weighted by molar-refractivity contribution is 9.10. The monoisotopic (exact) mass is 413 g/mol. The quantitative estimate of drug-likeness (QED) is 0.632. The van der Waals surface area contributed by atoms with E-state index in [1.165, 1.54) is 4.90 Å². The second-order valence-electron chi connectivity index (χ2n) is 5.36. The highest BCUT2D eigenvalue weighted by Crippen LogP contribution is 2.39. The zero-order chi connectivity index (χ0) is 17.9. The number of hydrogen-bond acceptors (Lipinski definition) is 5. The third-order valence-electron chi connectivity index (χ3n) is 3.17. The topological polar surface area (TPSA) is 55.8 Å². The molecule has 0 atom stereocenters. The molecule has 0 N–H and O–H groups in total. The van der Waals surface area contributed by atoms with E-state index >= 15 is 0 Å². The highest BCUT2D eigenvalue weighted by atomic mass is 79.9. The van der Waals surface area contributed by atoms with E-state index < -0.39 is 0 Å². The second kappa shape index (κ2) is 8.07. The van der Waals surface area contributed by atoms with Gasteiger partial charge in [0.25, 0.3) is 11.1 Å². The summed E-state index contributed by atoms with van der Waals surface area (Å²) in [6.45, 7) is 8.43. The molecular formula is C17H20BrNO4S. The van der Waals surface area contributed by atoms with E-state index in [1.54, 1.807) is 13.0 Å². The Balaban J connectivity index is 2.40. The molecule has 1 saturated heterocycles. The molecule has 1 aliphatic rings. The smallest absolute Gasteiger partial charge is 0.293 e. The van der Waals surface area contributed by atoms with Gasteiger partial charge in [-0.2, -0.15) is 0 Å². The fourth-order valence-electron chi connectivity index (χ4n) is 2.21. The molecule has 7 heteroatoms. The molecular weight excluding hydrogens is 394 g/mol. The number of ether oxygens (including phenoxy) is 2. The summed E-state index contributed by atoms with van der Waals surface area (Å²) in [4.78, 5) is 25.6. The van der Waals surface area contributed by atoms with Crippen LogP contribution in [0.3, 0.4) is 0 Å². The maximum atomic E-state index is 12.2. The zero-order valence-electron chi connectivity index (χ0n) is 14.1. The van der Waals surface area contributed by atoms with Gasteiger partial charge in [0.05, 0.1) is 22.1 Å². The van der Waals surface area contributed by atoms with Crippen molar-refractivity contribution in [3.63, 3.8) is 0 Å². The minimum atomic E-state index is -0.260. The van der Waals surface area contributed by atoms with Gasteiger partial charge < -0.3 is 9.47 Å². The minimum Gasteiger partial charge on any atom is -0.490 e. The number of amides is 2. The zero-order valence-corrected chi connectivity index (χ0v) is 16.5. The molecule has 0 aliphatic carbocycles. The van der Waals surface area contributed by atoms with Crippen molar-refractivity contribution in [2.24, 2.45) is 0 Å². The molecule has 1 aromatic rings. The maximum absolute atomic E-state index is 12.2. The van der Waals surface area contributed by atoms with E-state index in [9.17, 15) is 9.59 Å². The first-order valence-corrected chi connectivity index (χ1v) is 9.36. The van der Waals surface area contributed by atoms with Gasteiger partial charge in [0.1, 0.15) is 0 Å². The molecule has 1 heterocycles. The Hall–Kier alpha value is -1.47. The maximum Gasteiger partial charge on any atom is 0.293 e. The van der Waals surface area contributed by atoms with E-state index in [-0.39, 0.29) is 17.3 Å². The van der Waals surface area contributed by atoms with Crippen LogP contribution in [0.15, 0.2) is 21.5 Å². The van der Waals surface area contributed by atoms with Crippen molar-refractivity contribution < 1.29 is 19.1 Å². The summed E-state index contributed by atoms with van der Waals surface area (Å²) in [5.41, 5.74) is 0.767. The summed E-state index contributed by atoms with van der Waals surface area (Å²) in [6.07, 6.45) is 1.71. The number of nitrogens with zero attached hydrogens (tertiary/aromatic N) is 1. The number of likely N-dealkylation sites (N-methyl/N-ethyl adjacent to an activating group) is 1. The molecule has 1 aliphatic heterocycles. The molecule has 1 fully saturated rings. The molecule has 2 amide bonds. The predicted octanol–water partition coefficient (Wildman–Crippen LogP) is 4.69. The van der Waals surface area contributed by atoms with Crippen LogP contribution < -0.4 is 9.47 Å². The number of carbonyl (C=O) groups excluding carboxylic acids is 2. The van der Waals surface area contributed by atoms with E-state index in [0.29, 0.717) is 29.6 Å². The first-order chi connectivity index (χ1) is 11.4. The summed E-state index contributed by atoms with van der Waals surface area (Å²) >= 11 is 4.45.